The van der Waals surface area contributed by atoms with E-state index < -0.39 is 0 Å². The smallest absolute Gasteiger partial charge is 0.209 e. The van der Waals surface area contributed by atoms with Crippen LogP contribution in [0, 0.1) is 0 Å². The molecule has 106 valence electrons. The molecule has 1 aromatic heterocycles. The first-order valence-corrected chi connectivity index (χ1v) is 8.04. The molecule has 20 heavy (non-hydrogen) atoms. The molecule has 1 heterocycles. The van der Waals surface area contributed by atoms with Crippen LogP contribution in [-0.4, -0.2) is 32.5 Å². The summed E-state index contributed by atoms with van der Waals surface area (Å²) in [4.78, 5) is 0. The molecular weight excluding hydrogens is 270 g/mol. The summed E-state index contributed by atoms with van der Waals surface area (Å²) < 4.78 is 1.79. The lowest BCUT2D eigenvalue weighted by molar-refractivity contribution is 0.555. The van der Waals surface area contributed by atoms with Crippen molar-refractivity contribution >= 4 is 11.8 Å². The summed E-state index contributed by atoms with van der Waals surface area (Å²) in [7, 11) is 0. The number of tetrazole rings is 1. The van der Waals surface area contributed by atoms with Gasteiger partial charge in [0, 0.05) is 12.3 Å². The number of nitrogens with two attached hydrogens (primary N) is 1. The molecule has 1 aliphatic carbocycles. The summed E-state index contributed by atoms with van der Waals surface area (Å²) in [6.45, 7) is 1.24. The second kappa shape index (κ2) is 6.37. The van der Waals surface area contributed by atoms with Gasteiger partial charge in [0.2, 0.25) is 5.16 Å². The third-order valence-corrected chi connectivity index (χ3v) is 4.87. The molecule has 1 atom stereocenters. The van der Waals surface area contributed by atoms with Crippen molar-refractivity contribution in [3.05, 3.63) is 35.4 Å². The van der Waals surface area contributed by atoms with Crippen LogP contribution in [0.4, 0.5) is 0 Å². The highest BCUT2D eigenvalue weighted by molar-refractivity contribution is 7.99. The molecule has 0 fully saturated rings. The van der Waals surface area contributed by atoms with Crippen LogP contribution in [0.2, 0.25) is 0 Å². The fraction of sp³-hybridized carbons (Fsp3) is 0.500. The minimum atomic E-state index is 0.560. The van der Waals surface area contributed by atoms with Gasteiger partial charge in [-0.15, -0.1) is 5.10 Å². The molecule has 0 saturated carbocycles. The third kappa shape index (κ3) is 2.86. The number of benzene rings is 1. The van der Waals surface area contributed by atoms with Gasteiger partial charge in [0.25, 0.3) is 0 Å². The lowest BCUT2D eigenvalue weighted by Crippen LogP contribution is -2.14. The molecule has 2 aromatic rings. The van der Waals surface area contributed by atoms with E-state index in [1.54, 1.807) is 16.4 Å². The van der Waals surface area contributed by atoms with Gasteiger partial charge in [0.1, 0.15) is 0 Å². The summed E-state index contributed by atoms with van der Waals surface area (Å²) in [5.41, 5.74) is 8.57. The van der Waals surface area contributed by atoms with E-state index in [9.17, 15) is 0 Å². The van der Waals surface area contributed by atoms with E-state index in [1.165, 1.54) is 30.4 Å². The normalized spacial score (nSPS) is 17.9. The number of aryl methyl sites for hydroxylation is 1. The van der Waals surface area contributed by atoms with Crippen LogP contribution in [0.25, 0.3) is 0 Å². The van der Waals surface area contributed by atoms with Crippen LogP contribution in [-0.2, 0) is 13.0 Å². The third-order valence-electron chi connectivity index (χ3n) is 3.75. The Balaban J connectivity index is 1.69. The number of thioether (sulfide) groups is 1. The summed E-state index contributed by atoms with van der Waals surface area (Å²) in [6.07, 6.45) is 3.74. The standard InChI is InChI=1S/C14H19N5S/c15-8-9-19-14(16-17-18-19)20-10-12-6-3-5-11-4-1-2-7-13(11)12/h1-2,4,7,12H,3,5-6,8-10,15H2. The van der Waals surface area contributed by atoms with Crippen molar-refractivity contribution in [2.75, 3.05) is 12.3 Å². The number of aromatic nitrogens is 4. The van der Waals surface area contributed by atoms with Gasteiger partial charge in [-0.3, -0.25) is 0 Å². The van der Waals surface area contributed by atoms with E-state index in [0.717, 1.165) is 10.9 Å². The van der Waals surface area contributed by atoms with Crippen molar-refractivity contribution in [1.82, 2.24) is 20.2 Å². The van der Waals surface area contributed by atoms with Gasteiger partial charge in [-0.05, 0) is 46.7 Å². The summed E-state index contributed by atoms with van der Waals surface area (Å²) in [5, 5.41) is 12.7. The molecule has 0 saturated heterocycles. The topological polar surface area (TPSA) is 69.6 Å². The predicted molar refractivity (Wildman–Crippen MR) is 79.7 cm³/mol. The summed E-state index contributed by atoms with van der Waals surface area (Å²) >= 11 is 1.74. The molecule has 5 nitrogen and oxygen atoms in total. The predicted octanol–water partition coefficient (Wildman–Crippen LogP) is 1.84. The van der Waals surface area contributed by atoms with Gasteiger partial charge < -0.3 is 5.73 Å². The van der Waals surface area contributed by atoms with E-state index in [2.05, 4.69) is 39.8 Å². The fourth-order valence-electron chi connectivity index (χ4n) is 2.77. The first-order valence-electron chi connectivity index (χ1n) is 7.05. The number of nitrogens with zero attached hydrogens (tertiary/aromatic N) is 4. The second-order valence-electron chi connectivity index (χ2n) is 5.07. The largest absolute Gasteiger partial charge is 0.329 e. The van der Waals surface area contributed by atoms with E-state index in [1.807, 2.05) is 0 Å². The van der Waals surface area contributed by atoms with E-state index in [4.69, 9.17) is 5.73 Å². The van der Waals surface area contributed by atoms with Crippen LogP contribution in [0.5, 0.6) is 0 Å². The molecular formula is C14H19N5S. The summed E-state index contributed by atoms with van der Waals surface area (Å²) in [5.74, 6) is 1.63. The van der Waals surface area contributed by atoms with Crippen LogP contribution in [0.3, 0.4) is 0 Å². The van der Waals surface area contributed by atoms with Crippen molar-refractivity contribution < 1.29 is 0 Å². The molecule has 0 radical (unpaired) electrons. The average molecular weight is 289 g/mol. The zero-order valence-electron chi connectivity index (χ0n) is 11.4. The number of rotatable bonds is 5. The van der Waals surface area contributed by atoms with Gasteiger partial charge in [0.05, 0.1) is 6.54 Å². The summed E-state index contributed by atoms with van der Waals surface area (Å²) in [6, 6.07) is 8.80. The monoisotopic (exact) mass is 289 g/mol. The highest BCUT2D eigenvalue weighted by Gasteiger charge is 2.20. The fourth-order valence-corrected chi connectivity index (χ4v) is 3.83. The van der Waals surface area contributed by atoms with Crippen LogP contribution >= 0.6 is 11.8 Å². The Bertz CT molecular complexity index is 568. The molecule has 1 aliphatic rings. The van der Waals surface area contributed by atoms with Gasteiger partial charge in [-0.2, -0.15) is 0 Å². The zero-order chi connectivity index (χ0) is 13.8. The van der Waals surface area contributed by atoms with Crippen LogP contribution < -0.4 is 5.73 Å². The lowest BCUT2D eigenvalue weighted by Gasteiger charge is -2.24. The molecule has 3 rings (SSSR count). The minimum absolute atomic E-state index is 0.560. The molecule has 0 amide bonds. The molecule has 2 N–H and O–H groups in total. The number of hydrogen-bond acceptors (Lipinski definition) is 5. The number of fused-ring (bicyclic) bond motifs is 1. The average Bonchev–Trinajstić information content (AvgIpc) is 2.93. The maximum atomic E-state index is 5.57. The van der Waals surface area contributed by atoms with Crippen molar-refractivity contribution in [1.29, 1.82) is 0 Å². The highest BCUT2D eigenvalue weighted by atomic mass is 32.2. The lowest BCUT2D eigenvalue weighted by atomic mass is 9.84. The zero-order valence-corrected chi connectivity index (χ0v) is 12.2. The van der Waals surface area contributed by atoms with Crippen molar-refractivity contribution in [2.24, 2.45) is 5.73 Å². The molecule has 0 aliphatic heterocycles. The van der Waals surface area contributed by atoms with Crippen molar-refractivity contribution in [3.63, 3.8) is 0 Å². The molecule has 1 unspecified atom stereocenters. The Kier molecular flexibility index (Phi) is 4.32. The van der Waals surface area contributed by atoms with E-state index in [0.29, 0.717) is 19.0 Å². The Hall–Kier alpha value is -1.40. The Morgan fingerprint density at radius 1 is 1.35 bits per heavy atom. The van der Waals surface area contributed by atoms with Gasteiger partial charge >= 0.3 is 0 Å². The van der Waals surface area contributed by atoms with Gasteiger partial charge in [-0.25, -0.2) is 4.68 Å². The molecule has 0 bridgehead atoms. The van der Waals surface area contributed by atoms with Gasteiger partial charge in [0.15, 0.2) is 0 Å². The van der Waals surface area contributed by atoms with E-state index >= 15 is 0 Å². The molecule has 6 heteroatoms. The molecule has 0 spiro atoms. The minimum Gasteiger partial charge on any atom is -0.329 e. The van der Waals surface area contributed by atoms with Crippen LogP contribution in [0.1, 0.15) is 29.9 Å². The highest BCUT2D eigenvalue weighted by Crippen LogP contribution is 2.35. The van der Waals surface area contributed by atoms with Crippen molar-refractivity contribution in [3.8, 4) is 0 Å². The molecule has 1 aromatic carbocycles. The van der Waals surface area contributed by atoms with Crippen LogP contribution in [0.15, 0.2) is 29.4 Å². The quantitative estimate of drug-likeness (QED) is 0.851. The maximum absolute atomic E-state index is 5.57. The first-order chi connectivity index (χ1) is 9.88. The SMILES string of the molecule is NCCn1nnnc1SCC1CCCc2ccccc21. The Labute approximate surface area is 122 Å². The first kappa shape index (κ1) is 13.6. The Morgan fingerprint density at radius 3 is 3.15 bits per heavy atom. The second-order valence-corrected chi connectivity index (χ2v) is 6.06. The number of hydrogen-bond donors (Lipinski definition) is 1. The van der Waals surface area contributed by atoms with E-state index in [-0.39, 0.29) is 0 Å². The Morgan fingerprint density at radius 2 is 2.25 bits per heavy atom. The maximum Gasteiger partial charge on any atom is 0.209 e. The van der Waals surface area contributed by atoms with Gasteiger partial charge in [-0.1, -0.05) is 36.0 Å². The van der Waals surface area contributed by atoms with Crippen molar-refractivity contribution in [2.45, 2.75) is 36.9 Å².